The molecule has 0 N–H and O–H groups in total. The van der Waals surface area contributed by atoms with Crippen molar-refractivity contribution in [3.05, 3.63) is 72.3 Å². The first-order valence-corrected chi connectivity index (χ1v) is 7.63. The summed E-state index contributed by atoms with van der Waals surface area (Å²) in [5, 5.41) is 0. The van der Waals surface area contributed by atoms with E-state index in [1.807, 2.05) is 55.6 Å². The van der Waals surface area contributed by atoms with E-state index < -0.39 is 0 Å². The quantitative estimate of drug-likeness (QED) is 0.565. The molecule has 0 atom stereocenters. The number of rotatable bonds is 4. The predicted molar refractivity (Wildman–Crippen MR) is 90.5 cm³/mol. The molecule has 0 fully saturated rings. The van der Waals surface area contributed by atoms with Crippen LogP contribution in [0.5, 0.6) is 5.75 Å². The first kappa shape index (κ1) is 14.4. The van der Waals surface area contributed by atoms with Gasteiger partial charge in [0.1, 0.15) is 17.9 Å². The van der Waals surface area contributed by atoms with Crippen LogP contribution in [-0.2, 0) is 6.61 Å². The highest BCUT2D eigenvalue weighted by Crippen LogP contribution is 2.26. The first-order valence-electron chi connectivity index (χ1n) is 7.63. The Morgan fingerprint density at radius 1 is 1.08 bits per heavy atom. The molecule has 5 nitrogen and oxygen atoms in total. The number of hydrogen-bond acceptors (Lipinski definition) is 5. The minimum Gasteiger partial charge on any atom is -0.487 e. The molecule has 4 rings (SSSR count). The molecule has 1 aromatic carbocycles. The summed E-state index contributed by atoms with van der Waals surface area (Å²) >= 11 is 0. The van der Waals surface area contributed by atoms with Crippen LogP contribution < -0.4 is 4.74 Å². The fraction of sp³-hybridized carbons (Fsp3) is 0.105. The van der Waals surface area contributed by atoms with Gasteiger partial charge >= 0.3 is 0 Å². The fourth-order valence-corrected chi connectivity index (χ4v) is 2.35. The summed E-state index contributed by atoms with van der Waals surface area (Å²) in [6, 6.07) is 13.4. The molecule has 3 heterocycles. The molecular weight excluding hydrogens is 302 g/mol. The van der Waals surface area contributed by atoms with Gasteiger partial charge in [-0.05, 0) is 42.8 Å². The SMILES string of the molecule is Cc1ccc(COc2ccc3oc(-c4cccnc4)nc3c2)nc1. The Balaban J connectivity index is 1.55. The van der Waals surface area contributed by atoms with E-state index >= 15 is 0 Å². The number of aromatic nitrogens is 3. The van der Waals surface area contributed by atoms with Gasteiger partial charge in [0.2, 0.25) is 5.89 Å². The molecule has 3 aromatic heterocycles. The Morgan fingerprint density at radius 3 is 2.83 bits per heavy atom. The molecule has 118 valence electrons. The Labute approximate surface area is 139 Å². The molecule has 0 amide bonds. The average molecular weight is 317 g/mol. The topological polar surface area (TPSA) is 61.0 Å². The molecular formula is C19H15N3O2. The summed E-state index contributed by atoms with van der Waals surface area (Å²) in [6.45, 7) is 2.43. The van der Waals surface area contributed by atoms with Gasteiger partial charge in [-0.15, -0.1) is 0 Å². The Bertz CT molecular complexity index is 963. The summed E-state index contributed by atoms with van der Waals surface area (Å²) in [6.07, 6.45) is 5.28. The third kappa shape index (κ3) is 2.96. The maximum Gasteiger partial charge on any atom is 0.228 e. The van der Waals surface area contributed by atoms with Crippen molar-refractivity contribution in [2.45, 2.75) is 13.5 Å². The molecule has 4 aromatic rings. The van der Waals surface area contributed by atoms with Gasteiger partial charge in [-0.25, -0.2) is 4.98 Å². The van der Waals surface area contributed by atoms with E-state index in [1.165, 1.54) is 0 Å². The zero-order chi connectivity index (χ0) is 16.4. The number of hydrogen-bond donors (Lipinski definition) is 0. The van der Waals surface area contributed by atoms with Crippen LogP contribution >= 0.6 is 0 Å². The summed E-state index contributed by atoms with van der Waals surface area (Å²) in [5.74, 6) is 1.28. The van der Waals surface area contributed by atoms with Crippen molar-refractivity contribution < 1.29 is 9.15 Å². The Morgan fingerprint density at radius 2 is 2.04 bits per heavy atom. The number of ether oxygens (including phenoxy) is 1. The van der Waals surface area contributed by atoms with Gasteiger partial charge in [0.25, 0.3) is 0 Å². The number of nitrogens with zero attached hydrogens (tertiary/aromatic N) is 3. The van der Waals surface area contributed by atoms with Gasteiger partial charge in [0, 0.05) is 24.7 Å². The second kappa shape index (κ2) is 6.12. The molecule has 0 unspecified atom stereocenters. The van der Waals surface area contributed by atoms with Gasteiger partial charge in [0.15, 0.2) is 5.58 Å². The van der Waals surface area contributed by atoms with Gasteiger partial charge in [-0.3, -0.25) is 9.97 Å². The van der Waals surface area contributed by atoms with Crippen molar-refractivity contribution in [1.29, 1.82) is 0 Å². The smallest absolute Gasteiger partial charge is 0.228 e. The van der Waals surface area contributed by atoms with Crippen LogP contribution in [0.25, 0.3) is 22.6 Å². The number of fused-ring (bicyclic) bond motifs is 1. The van der Waals surface area contributed by atoms with Gasteiger partial charge < -0.3 is 9.15 Å². The highest BCUT2D eigenvalue weighted by molar-refractivity contribution is 5.77. The molecule has 0 saturated heterocycles. The van der Waals surface area contributed by atoms with Crippen LogP contribution in [-0.4, -0.2) is 15.0 Å². The number of benzene rings is 1. The van der Waals surface area contributed by atoms with E-state index in [2.05, 4.69) is 15.0 Å². The van der Waals surface area contributed by atoms with Crippen LogP contribution in [0.2, 0.25) is 0 Å². The van der Waals surface area contributed by atoms with Crippen molar-refractivity contribution in [2.24, 2.45) is 0 Å². The van der Waals surface area contributed by atoms with E-state index in [0.29, 0.717) is 12.5 Å². The molecule has 0 spiro atoms. The van der Waals surface area contributed by atoms with Crippen molar-refractivity contribution in [2.75, 3.05) is 0 Å². The largest absolute Gasteiger partial charge is 0.487 e. The number of oxazole rings is 1. The minimum absolute atomic E-state index is 0.416. The summed E-state index contributed by atoms with van der Waals surface area (Å²) in [7, 11) is 0. The van der Waals surface area contributed by atoms with Gasteiger partial charge in [0.05, 0.1) is 11.3 Å². The Hall–Kier alpha value is -3.21. The van der Waals surface area contributed by atoms with E-state index in [1.54, 1.807) is 12.4 Å². The lowest BCUT2D eigenvalue weighted by molar-refractivity contribution is 0.301. The molecule has 0 aliphatic carbocycles. The van der Waals surface area contributed by atoms with Crippen LogP contribution in [0.15, 0.2) is 65.5 Å². The summed E-state index contributed by atoms with van der Waals surface area (Å²) in [5.41, 5.74) is 4.33. The van der Waals surface area contributed by atoms with Crippen molar-refractivity contribution in [3.63, 3.8) is 0 Å². The lowest BCUT2D eigenvalue weighted by Crippen LogP contribution is -1.97. The molecule has 0 radical (unpaired) electrons. The van der Waals surface area contributed by atoms with E-state index in [9.17, 15) is 0 Å². The van der Waals surface area contributed by atoms with Crippen LogP contribution in [0, 0.1) is 6.92 Å². The standard InChI is InChI=1S/C19H15N3O2/c1-13-4-5-15(21-10-13)12-23-16-6-7-18-17(9-16)22-19(24-18)14-3-2-8-20-11-14/h2-11H,12H2,1H3. The lowest BCUT2D eigenvalue weighted by Gasteiger charge is -2.05. The first-order chi connectivity index (χ1) is 11.8. The van der Waals surface area contributed by atoms with Gasteiger partial charge in [-0.1, -0.05) is 6.07 Å². The lowest BCUT2D eigenvalue weighted by atomic mass is 10.3. The van der Waals surface area contributed by atoms with Gasteiger partial charge in [-0.2, -0.15) is 0 Å². The molecule has 24 heavy (non-hydrogen) atoms. The monoisotopic (exact) mass is 317 g/mol. The predicted octanol–water partition coefficient (Wildman–Crippen LogP) is 4.17. The minimum atomic E-state index is 0.416. The molecule has 0 aliphatic heterocycles. The summed E-state index contributed by atoms with van der Waals surface area (Å²) < 4.78 is 11.6. The van der Waals surface area contributed by atoms with Crippen molar-refractivity contribution in [1.82, 2.24) is 15.0 Å². The van der Waals surface area contributed by atoms with Crippen LogP contribution in [0.3, 0.4) is 0 Å². The van der Waals surface area contributed by atoms with Crippen molar-refractivity contribution >= 4 is 11.1 Å². The highest BCUT2D eigenvalue weighted by Gasteiger charge is 2.09. The second-order valence-electron chi connectivity index (χ2n) is 5.51. The van der Waals surface area contributed by atoms with Crippen molar-refractivity contribution in [3.8, 4) is 17.2 Å². The maximum atomic E-state index is 5.80. The summed E-state index contributed by atoms with van der Waals surface area (Å²) in [4.78, 5) is 12.9. The average Bonchev–Trinajstić information content (AvgIpc) is 3.05. The molecule has 5 heteroatoms. The molecule has 0 saturated carbocycles. The van der Waals surface area contributed by atoms with E-state index in [-0.39, 0.29) is 0 Å². The number of pyridine rings is 2. The zero-order valence-electron chi connectivity index (χ0n) is 13.1. The molecule has 0 bridgehead atoms. The second-order valence-corrected chi connectivity index (χ2v) is 5.51. The molecule has 0 aliphatic rings. The number of aryl methyl sites for hydroxylation is 1. The van der Waals surface area contributed by atoms with Crippen LogP contribution in [0.1, 0.15) is 11.3 Å². The zero-order valence-corrected chi connectivity index (χ0v) is 13.1. The normalized spacial score (nSPS) is 10.9. The Kier molecular flexibility index (Phi) is 3.67. The third-order valence-electron chi connectivity index (χ3n) is 3.63. The van der Waals surface area contributed by atoms with E-state index in [4.69, 9.17) is 9.15 Å². The maximum absolute atomic E-state index is 5.80. The fourth-order valence-electron chi connectivity index (χ4n) is 2.35. The highest BCUT2D eigenvalue weighted by atomic mass is 16.5. The third-order valence-corrected chi connectivity index (χ3v) is 3.63. The van der Waals surface area contributed by atoms with Crippen LogP contribution in [0.4, 0.5) is 0 Å². The van der Waals surface area contributed by atoms with E-state index in [0.717, 1.165) is 33.7 Å².